The Morgan fingerprint density at radius 2 is 2.20 bits per heavy atom. The summed E-state index contributed by atoms with van der Waals surface area (Å²) in [5.41, 5.74) is 2.49. The van der Waals surface area contributed by atoms with Gasteiger partial charge in [-0.2, -0.15) is 0 Å². The van der Waals surface area contributed by atoms with Crippen molar-refractivity contribution in [2.45, 2.75) is 19.4 Å². The molecular formula is C17H21N3. The van der Waals surface area contributed by atoms with E-state index in [0.717, 1.165) is 32.6 Å². The van der Waals surface area contributed by atoms with E-state index in [1.807, 2.05) is 0 Å². The lowest BCUT2D eigenvalue weighted by Crippen LogP contribution is -2.49. The number of nitrogens with one attached hydrogen (secondary N) is 2. The molecule has 1 fully saturated rings. The van der Waals surface area contributed by atoms with Gasteiger partial charge in [-0.3, -0.25) is 4.90 Å². The Hall–Kier alpha value is -1.76. The van der Waals surface area contributed by atoms with E-state index in [4.69, 9.17) is 0 Å². The van der Waals surface area contributed by atoms with E-state index < -0.39 is 0 Å². The van der Waals surface area contributed by atoms with Gasteiger partial charge in [0, 0.05) is 49.2 Å². The Kier molecular flexibility index (Phi) is 4.05. The fourth-order valence-corrected chi connectivity index (χ4v) is 2.76. The van der Waals surface area contributed by atoms with Crippen LogP contribution in [0, 0.1) is 11.8 Å². The van der Waals surface area contributed by atoms with Gasteiger partial charge in [0.25, 0.3) is 0 Å². The zero-order valence-electron chi connectivity index (χ0n) is 11.9. The van der Waals surface area contributed by atoms with E-state index in [1.165, 1.54) is 16.5 Å². The molecule has 20 heavy (non-hydrogen) atoms. The molecule has 3 rings (SSSR count). The number of rotatable bonds is 2. The highest BCUT2D eigenvalue weighted by molar-refractivity contribution is 5.83. The molecule has 2 heterocycles. The summed E-state index contributed by atoms with van der Waals surface area (Å²) < 4.78 is 0. The average Bonchev–Trinajstić information content (AvgIpc) is 2.87. The van der Waals surface area contributed by atoms with Crippen LogP contribution in [0.25, 0.3) is 10.9 Å². The molecule has 3 heteroatoms. The lowest BCUT2D eigenvalue weighted by molar-refractivity contribution is 0.229. The number of piperazine rings is 1. The molecule has 1 aromatic heterocycles. The second-order valence-corrected chi connectivity index (χ2v) is 5.48. The van der Waals surface area contributed by atoms with Gasteiger partial charge in [-0.25, -0.2) is 0 Å². The van der Waals surface area contributed by atoms with Crippen LogP contribution in [-0.2, 0) is 6.42 Å². The van der Waals surface area contributed by atoms with E-state index in [0.29, 0.717) is 6.04 Å². The molecule has 0 radical (unpaired) electrons. The van der Waals surface area contributed by atoms with Crippen LogP contribution < -0.4 is 5.32 Å². The predicted octanol–water partition coefficient (Wildman–Crippen LogP) is 2.01. The molecule has 1 aliphatic rings. The van der Waals surface area contributed by atoms with Crippen molar-refractivity contribution in [1.29, 1.82) is 0 Å². The molecule has 0 aliphatic carbocycles. The summed E-state index contributed by atoms with van der Waals surface area (Å²) in [7, 11) is 0. The molecule has 0 spiro atoms. The lowest BCUT2D eigenvalue weighted by atomic mass is 10.1. The Morgan fingerprint density at radius 1 is 1.30 bits per heavy atom. The minimum atomic E-state index is 0.583. The highest BCUT2D eigenvalue weighted by Crippen LogP contribution is 2.17. The topological polar surface area (TPSA) is 31.1 Å². The molecule has 0 saturated carbocycles. The van der Waals surface area contributed by atoms with Crippen LogP contribution in [0.15, 0.2) is 30.5 Å². The maximum Gasteiger partial charge on any atom is 0.0602 e. The third kappa shape index (κ3) is 3.04. The normalized spacial score (nSPS) is 19.8. The highest BCUT2D eigenvalue weighted by Gasteiger charge is 2.13. The monoisotopic (exact) mass is 267 g/mol. The Morgan fingerprint density at radius 3 is 3.10 bits per heavy atom. The van der Waals surface area contributed by atoms with E-state index in [9.17, 15) is 0 Å². The smallest absolute Gasteiger partial charge is 0.0602 e. The van der Waals surface area contributed by atoms with Crippen molar-refractivity contribution in [1.82, 2.24) is 15.2 Å². The van der Waals surface area contributed by atoms with Crippen LogP contribution in [0.3, 0.4) is 0 Å². The molecule has 1 saturated heterocycles. The molecule has 2 aromatic rings. The fraction of sp³-hybridized carbons (Fsp3) is 0.412. The van der Waals surface area contributed by atoms with E-state index in [2.05, 4.69) is 64.4 Å². The van der Waals surface area contributed by atoms with Gasteiger partial charge in [-0.1, -0.05) is 30.0 Å². The van der Waals surface area contributed by atoms with Gasteiger partial charge in [0.15, 0.2) is 0 Å². The van der Waals surface area contributed by atoms with Crippen LogP contribution in [-0.4, -0.2) is 42.1 Å². The lowest BCUT2D eigenvalue weighted by Gasteiger charge is -2.30. The number of aromatic amines is 1. The van der Waals surface area contributed by atoms with Crippen LogP contribution in [0.5, 0.6) is 0 Å². The van der Waals surface area contributed by atoms with Crippen molar-refractivity contribution >= 4 is 10.9 Å². The van der Waals surface area contributed by atoms with Gasteiger partial charge in [-0.05, 0) is 18.6 Å². The molecule has 2 N–H and O–H groups in total. The van der Waals surface area contributed by atoms with Crippen LogP contribution in [0.4, 0.5) is 0 Å². The number of hydrogen-bond donors (Lipinski definition) is 2. The van der Waals surface area contributed by atoms with Crippen LogP contribution >= 0.6 is 0 Å². The first-order valence-corrected chi connectivity index (χ1v) is 7.29. The maximum atomic E-state index is 3.45. The quantitative estimate of drug-likeness (QED) is 0.816. The Labute approximate surface area is 120 Å². The summed E-state index contributed by atoms with van der Waals surface area (Å²) in [4.78, 5) is 5.72. The van der Waals surface area contributed by atoms with E-state index in [-0.39, 0.29) is 0 Å². The first kappa shape index (κ1) is 13.2. The third-order valence-electron chi connectivity index (χ3n) is 3.83. The fourth-order valence-electron chi connectivity index (χ4n) is 2.76. The largest absolute Gasteiger partial charge is 0.361 e. The van der Waals surface area contributed by atoms with Crippen molar-refractivity contribution in [2.75, 3.05) is 26.2 Å². The molecule has 0 bridgehead atoms. The van der Waals surface area contributed by atoms with Gasteiger partial charge >= 0.3 is 0 Å². The number of H-pyrrole nitrogens is 1. The van der Waals surface area contributed by atoms with E-state index in [1.54, 1.807) is 0 Å². The van der Waals surface area contributed by atoms with Crippen molar-refractivity contribution in [3.05, 3.63) is 36.0 Å². The van der Waals surface area contributed by atoms with Gasteiger partial charge in [0.2, 0.25) is 0 Å². The molecule has 1 aromatic carbocycles. The SMILES string of the molecule is CC1CN(CC#CCc2c[nH]c3ccccc23)CCN1. The molecule has 3 nitrogen and oxygen atoms in total. The van der Waals surface area contributed by atoms with Crippen LogP contribution in [0.1, 0.15) is 12.5 Å². The first-order valence-electron chi connectivity index (χ1n) is 7.29. The maximum absolute atomic E-state index is 3.45. The van der Waals surface area contributed by atoms with Crippen molar-refractivity contribution in [3.63, 3.8) is 0 Å². The van der Waals surface area contributed by atoms with Crippen LogP contribution in [0.2, 0.25) is 0 Å². The third-order valence-corrected chi connectivity index (χ3v) is 3.83. The van der Waals surface area contributed by atoms with Crippen molar-refractivity contribution in [3.8, 4) is 11.8 Å². The standard InChI is InChI=1S/C17H21N3/c1-14-13-20(11-9-18-14)10-5-4-6-15-12-19-17-8-3-2-7-16(15)17/h2-3,7-8,12,14,18-19H,6,9-11,13H2,1H3. The summed E-state index contributed by atoms with van der Waals surface area (Å²) >= 11 is 0. The molecule has 1 aliphatic heterocycles. The summed E-state index contributed by atoms with van der Waals surface area (Å²) in [5, 5.41) is 4.74. The zero-order chi connectivity index (χ0) is 13.8. The minimum Gasteiger partial charge on any atom is -0.361 e. The summed E-state index contributed by atoms with van der Waals surface area (Å²) in [6, 6.07) is 8.98. The number of benzene rings is 1. The van der Waals surface area contributed by atoms with Crippen molar-refractivity contribution < 1.29 is 0 Å². The number of nitrogens with zero attached hydrogens (tertiary/aromatic N) is 1. The summed E-state index contributed by atoms with van der Waals surface area (Å²) in [6.07, 6.45) is 2.90. The summed E-state index contributed by atoms with van der Waals surface area (Å²) in [6.45, 7) is 6.39. The number of hydrogen-bond acceptors (Lipinski definition) is 2. The first-order chi connectivity index (χ1) is 9.83. The Balaban J connectivity index is 1.58. The van der Waals surface area contributed by atoms with Gasteiger partial charge in [-0.15, -0.1) is 0 Å². The number of para-hydroxylation sites is 1. The van der Waals surface area contributed by atoms with E-state index >= 15 is 0 Å². The second-order valence-electron chi connectivity index (χ2n) is 5.48. The molecule has 1 atom stereocenters. The molecular weight excluding hydrogens is 246 g/mol. The van der Waals surface area contributed by atoms with Gasteiger partial charge in [0.05, 0.1) is 6.54 Å². The molecule has 0 amide bonds. The zero-order valence-corrected chi connectivity index (χ0v) is 11.9. The highest BCUT2D eigenvalue weighted by atomic mass is 15.2. The van der Waals surface area contributed by atoms with Crippen molar-refractivity contribution in [2.24, 2.45) is 0 Å². The number of aromatic nitrogens is 1. The molecule has 104 valence electrons. The second kappa shape index (κ2) is 6.13. The Bertz CT molecular complexity index is 632. The number of fused-ring (bicyclic) bond motifs is 1. The summed E-state index contributed by atoms with van der Waals surface area (Å²) in [5.74, 6) is 6.62. The van der Waals surface area contributed by atoms with Gasteiger partial charge < -0.3 is 10.3 Å². The molecule has 1 unspecified atom stereocenters. The predicted molar refractivity (Wildman–Crippen MR) is 83.7 cm³/mol. The minimum absolute atomic E-state index is 0.583. The van der Waals surface area contributed by atoms with Gasteiger partial charge in [0.1, 0.15) is 0 Å². The average molecular weight is 267 g/mol.